The number of nitrogens with zero attached hydrogens (tertiary/aromatic N) is 1. The highest BCUT2D eigenvalue weighted by Gasteiger charge is 2.31. The van der Waals surface area contributed by atoms with Crippen molar-refractivity contribution in [1.82, 2.24) is 4.98 Å². The van der Waals surface area contributed by atoms with Crippen molar-refractivity contribution in [3.8, 4) is 0 Å². The van der Waals surface area contributed by atoms with E-state index in [1.165, 1.54) is 0 Å². The van der Waals surface area contributed by atoms with E-state index in [1.807, 2.05) is 20.8 Å². The van der Waals surface area contributed by atoms with Crippen LogP contribution in [0, 0.1) is 5.41 Å². The van der Waals surface area contributed by atoms with Crippen molar-refractivity contribution in [3.63, 3.8) is 0 Å². The van der Waals surface area contributed by atoms with Crippen LogP contribution >= 0.6 is 0 Å². The zero-order chi connectivity index (χ0) is 10.8. The SMILES string of the molecule is CC(C)(C)CC(C)(F)c1ccncc1. The van der Waals surface area contributed by atoms with Gasteiger partial charge in [0.1, 0.15) is 5.67 Å². The molecule has 1 rings (SSSR count). The van der Waals surface area contributed by atoms with Crippen LogP contribution < -0.4 is 0 Å². The molecule has 1 aromatic heterocycles. The van der Waals surface area contributed by atoms with Gasteiger partial charge in [0.2, 0.25) is 0 Å². The number of alkyl halides is 1. The van der Waals surface area contributed by atoms with Crippen molar-refractivity contribution in [2.45, 2.75) is 39.8 Å². The molecule has 1 aromatic rings. The third-order valence-corrected chi connectivity index (χ3v) is 2.14. The van der Waals surface area contributed by atoms with Crippen molar-refractivity contribution in [3.05, 3.63) is 30.1 Å². The molecule has 1 unspecified atom stereocenters. The molecule has 78 valence electrons. The standard InChI is InChI=1S/C12H18FN/c1-11(2,3)9-12(4,13)10-5-7-14-8-6-10/h5-8H,9H2,1-4H3. The minimum absolute atomic E-state index is 0.00717. The molecule has 0 saturated heterocycles. The van der Waals surface area contributed by atoms with E-state index >= 15 is 0 Å². The fourth-order valence-corrected chi connectivity index (χ4v) is 1.80. The molecule has 1 nitrogen and oxygen atoms in total. The Kier molecular flexibility index (Phi) is 2.93. The molecule has 0 spiro atoms. The van der Waals surface area contributed by atoms with Crippen LogP contribution in [0.25, 0.3) is 0 Å². The van der Waals surface area contributed by atoms with E-state index in [0.29, 0.717) is 12.0 Å². The van der Waals surface area contributed by atoms with Crippen LogP contribution in [0.5, 0.6) is 0 Å². The summed E-state index contributed by atoms with van der Waals surface area (Å²) in [6.45, 7) is 7.78. The molecule has 0 N–H and O–H groups in total. The van der Waals surface area contributed by atoms with Crippen molar-refractivity contribution in [2.24, 2.45) is 5.41 Å². The number of rotatable bonds is 2. The molecule has 14 heavy (non-hydrogen) atoms. The van der Waals surface area contributed by atoms with E-state index in [4.69, 9.17) is 0 Å². The Morgan fingerprint density at radius 2 is 1.64 bits per heavy atom. The van der Waals surface area contributed by atoms with Gasteiger partial charge in [0.25, 0.3) is 0 Å². The summed E-state index contributed by atoms with van der Waals surface area (Å²) in [7, 11) is 0. The van der Waals surface area contributed by atoms with E-state index in [1.54, 1.807) is 31.5 Å². The van der Waals surface area contributed by atoms with Gasteiger partial charge >= 0.3 is 0 Å². The molecule has 0 bridgehead atoms. The Hall–Kier alpha value is -0.920. The number of pyridine rings is 1. The van der Waals surface area contributed by atoms with E-state index < -0.39 is 5.67 Å². The lowest BCUT2D eigenvalue weighted by Gasteiger charge is -2.29. The van der Waals surface area contributed by atoms with Crippen molar-refractivity contribution in [1.29, 1.82) is 0 Å². The van der Waals surface area contributed by atoms with Gasteiger partial charge in [-0.15, -0.1) is 0 Å². The maximum atomic E-state index is 14.3. The summed E-state index contributed by atoms with van der Waals surface area (Å²) in [6, 6.07) is 3.48. The lowest BCUT2D eigenvalue weighted by molar-refractivity contribution is 0.118. The van der Waals surface area contributed by atoms with Gasteiger partial charge in [-0.25, -0.2) is 4.39 Å². The predicted molar refractivity (Wildman–Crippen MR) is 56.8 cm³/mol. The summed E-state index contributed by atoms with van der Waals surface area (Å²) in [5, 5.41) is 0. The minimum Gasteiger partial charge on any atom is -0.265 e. The molecule has 0 saturated carbocycles. The Labute approximate surface area is 85.4 Å². The summed E-state index contributed by atoms with van der Waals surface area (Å²) in [4.78, 5) is 3.89. The third-order valence-electron chi connectivity index (χ3n) is 2.14. The van der Waals surface area contributed by atoms with E-state index in [2.05, 4.69) is 4.98 Å². The average molecular weight is 195 g/mol. The van der Waals surface area contributed by atoms with Gasteiger partial charge < -0.3 is 0 Å². The zero-order valence-corrected chi connectivity index (χ0v) is 9.34. The number of aromatic nitrogens is 1. The van der Waals surface area contributed by atoms with Crippen LogP contribution in [0.2, 0.25) is 0 Å². The second-order valence-corrected chi connectivity index (χ2v) is 5.17. The lowest BCUT2D eigenvalue weighted by atomic mass is 9.81. The highest BCUT2D eigenvalue weighted by molar-refractivity contribution is 5.18. The number of hydrogen-bond donors (Lipinski definition) is 0. The summed E-state index contributed by atoms with van der Waals surface area (Å²) in [5.41, 5.74) is -0.559. The van der Waals surface area contributed by atoms with Gasteiger partial charge in [0.05, 0.1) is 0 Å². The first-order chi connectivity index (χ1) is 6.31. The summed E-state index contributed by atoms with van der Waals surface area (Å²) in [6.07, 6.45) is 3.79. The monoisotopic (exact) mass is 195 g/mol. The summed E-state index contributed by atoms with van der Waals surface area (Å²) < 4.78 is 14.3. The molecule has 2 heteroatoms. The van der Waals surface area contributed by atoms with Crippen LogP contribution in [0.1, 0.15) is 39.7 Å². The number of hydrogen-bond acceptors (Lipinski definition) is 1. The smallest absolute Gasteiger partial charge is 0.133 e. The van der Waals surface area contributed by atoms with Crippen LogP contribution in [-0.4, -0.2) is 4.98 Å². The van der Waals surface area contributed by atoms with Gasteiger partial charge in [0.15, 0.2) is 0 Å². The van der Waals surface area contributed by atoms with Crippen molar-refractivity contribution < 1.29 is 4.39 Å². The topological polar surface area (TPSA) is 12.9 Å². The predicted octanol–water partition coefficient (Wildman–Crippen LogP) is 3.70. The van der Waals surface area contributed by atoms with Crippen LogP contribution in [0.15, 0.2) is 24.5 Å². The molecule has 0 radical (unpaired) electrons. The second kappa shape index (κ2) is 3.68. The Morgan fingerprint density at radius 3 is 2.07 bits per heavy atom. The van der Waals surface area contributed by atoms with Crippen molar-refractivity contribution >= 4 is 0 Å². The molecular formula is C12H18FN. The summed E-state index contributed by atoms with van der Waals surface area (Å²) >= 11 is 0. The van der Waals surface area contributed by atoms with E-state index in [0.717, 1.165) is 0 Å². The highest BCUT2D eigenvalue weighted by Crippen LogP contribution is 2.37. The normalized spacial score (nSPS) is 16.4. The van der Waals surface area contributed by atoms with Gasteiger partial charge in [-0.3, -0.25) is 4.98 Å². The Balaban J connectivity index is 2.86. The maximum Gasteiger partial charge on any atom is 0.133 e. The van der Waals surface area contributed by atoms with Crippen molar-refractivity contribution in [2.75, 3.05) is 0 Å². The van der Waals surface area contributed by atoms with Gasteiger partial charge in [-0.1, -0.05) is 20.8 Å². The zero-order valence-electron chi connectivity index (χ0n) is 9.34. The molecule has 0 aromatic carbocycles. The first-order valence-corrected chi connectivity index (χ1v) is 4.91. The minimum atomic E-state index is -1.26. The Morgan fingerprint density at radius 1 is 1.14 bits per heavy atom. The van der Waals surface area contributed by atoms with Crippen LogP contribution in [0.4, 0.5) is 4.39 Å². The largest absolute Gasteiger partial charge is 0.265 e. The first kappa shape index (κ1) is 11.2. The molecule has 1 heterocycles. The molecule has 1 atom stereocenters. The van der Waals surface area contributed by atoms with E-state index in [-0.39, 0.29) is 5.41 Å². The van der Waals surface area contributed by atoms with Crippen LogP contribution in [0.3, 0.4) is 0 Å². The molecule has 0 fully saturated rings. The lowest BCUT2D eigenvalue weighted by Crippen LogP contribution is -2.23. The fourth-order valence-electron chi connectivity index (χ4n) is 1.80. The highest BCUT2D eigenvalue weighted by atomic mass is 19.1. The Bertz CT molecular complexity index is 285. The van der Waals surface area contributed by atoms with Gasteiger partial charge in [0, 0.05) is 12.4 Å². The van der Waals surface area contributed by atoms with Gasteiger partial charge in [-0.2, -0.15) is 0 Å². The molecule has 0 aliphatic carbocycles. The first-order valence-electron chi connectivity index (χ1n) is 4.91. The van der Waals surface area contributed by atoms with Crippen LogP contribution in [-0.2, 0) is 5.67 Å². The maximum absolute atomic E-state index is 14.3. The number of halogens is 1. The molecule has 0 amide bonds. The molecule has 0 aliphatic heterocycles. The summed E-state index contributed by atoms with van der Waals surface area (Å²) in [5.74, 6) is 0. The second-order valence-electron chi connectivity index (χ2n) is 5.17. The van der Waals surface area contributed by atoms with Gasteiger partial charge in [-0.05, 0) is 36.5 Å². The quantitative estimate of drug-likeness (QED) is 0.701. The average Bonchev–Trinajstić information content (AvgIpc) is 2.01. The molecule has 0 aliphatic rings. The third kappa shape index (κ3) is 3.09. The fraction of sp³-hybridized carbons (Fsp3) is 0.583. The molecular weight excluding hydrogens is 177 g/mol. The van der Waals surface area contributed by atoms with E-state index in [9.17, 15) is 4.39 Å².